The normalized spacial score (nSPS) is 24.6. The van der Waals surface area contributed by atoms with Gasteiger partial charge in [-0.3, -0.25) is 19.5 Å². The van der Waals surface area contributed by atoms with E-state index in [0.717, 1.165) is 70.4 Å². The first-order valence-electron chi connectivity index (χ1n) is 10.2. The number of rotatable bonds is 4. The molecule has 1 N–H and O–H groups in total. The highest BCUT2D eigenvalue weighted by molar-refractivity contribution is 5.92. The number of aryl methyl sites for hydroxylation is 1. The van der Waals surface area contributed by atoms with Crippen LogP contribution in [0.15, 0.2) is 12.4 Å². The van der Waals surface area contributed by atoms with Crippen LogP contribution in [0.25, 0.3) is 0 Å². The average molecular weight is 371 g/mol. The maximum absolute atomic E-state index is 12.6. The van der Waals surface area contributed by atoms with E-state index in [1.807, 2.05) is 11.8 Å². The van der Waals surface area contributed by atoms with Crippen molar-refractivity contribution in [1.29, 1.82) is 0 Å². The number of hydrogen-bond donors (Lipinski definition) is 1. The smallest absolute Gasteiger partial charge is 0.274 e. The topological polar surface area (TPSA) is 78.4 Å². The molecule has 0 bridgehead atoms. The lowest BCUT2D eigenvalue weighted by atomic mass is 9.93. The Balaban J connectivity index is 1.28. The summed E-state index contributed by atoms with van der Waals surface area (Å²) in [6, 6.07) is 0.904. The van der Waals surface area contributed by atoms with E-state index in [9.17, 15) is 9.59 Å². The van der Waals surface area contributed by atoms with E-state index >= 15 is 0 Å². The molecule has 1 atom stereocenters. The third kappa shape index (κ3) is 4.46. The molecule has 7 nitrogen and oxygen atoms in total. The molecule has 0 aromatic carbocycles. The van der Waals surface area contributed by atoms with Crippen molar-refractivity contribution in [2.45, 2.75) is 57.5 Å². The maximum atomic E-state index is 12.6. The minimum atomic E-state index is -0.0266. The van der Waals surface area contributed by atoms with Gasteiger partial charge in [-0.05, 0) is 52.0 Å². The number of hydrogen-bond acceptors (Lipinski definition) is 5. The van der Waals surface area contributed by atoms with Gasteiger partial charge in [0.2, 0.25) is 5.91 Å². The quantitative estimate of drug-likeness (QED) is 0.865. The summed E-state index contributed by atoms with van der Waals surface area (Å²) in [4.78, 5) is 37.8. The molecule has 1 aromatic rings. The van der Waals surface area contributed by atoms with Gasteiger partial charge < -0.3 is 10.2 Å². The predicted molar refractivity (Wildman–Crippen MR) is 101 cm³/mol. The van der Waals surface area contributed by atoms with Crippen LogP contribution in [-0.2, 0) is 4.79 Å². The molecule has 3 aliphatic rings. The van der Waals surface area contributed by atoms with E-state index in [2.05, 4.69) is 20.2 Å². The van der Waals surface area contributed by atoms with Crippen LogP contribution in [0, 0.1) is 12.8 Å². The first kappa shape index (κ1) is 18.3. The van der Waals surface area contributed by atoms with Crippen molar-refractivity contribution in [3.63, 3.8) is 0 Å². The fraction of sp³-hybridized carbons (Fsp3) is 0.700. The number of nitrogens with one attached hydrogen (secondary N) is 1. The van der Waals surface area contributed by atoms with Gasteiger partial charge in [0.25, 0.3) is 5.91 Å². The summed E-state index contributed by atoms with van der Waals surface area (Å²) in [5, 5.41) is 3.16. The van der Waals surface area contributed by atoms with Crippen LogP contribution < -0.4 is 5.32 Å². The van der Waals surface area contributed by atoms with E-state index in [1.54, 1.807) is 12.4 Å². The van der Waals surface area contributed by atoms with Crippen molar-refractivity contribution in [2.24, 2.45) is 5.92 Å². The fourth-order valence-electron chi connectivity index (χ4n) is 4.20. The average Bonchev–Trinajstić information content (AvgIpc) is 3.52. The highest BCUT2D eigenvalue weighted by Crippen LogP contribution is 2.26. The zero-order valence-electron chi connectivity index (χ0n) is 16.1. The number of piperidine rings is 2. The van der Waals surface area contributed by atoms with E-state index in [4.69, 9.17) is 0 Å². The lowest BCUT2D eigenvalue weighted by Gasteiger charge is -2.42. The highest BCUT2D eigenvalue weighted by atomic mass is 16.2. The van der Waals surface area contributed by atoms with Gasteiger partial charge in [0, 0.05) is 37.9 Å². The second-order valence-corrected chi connectivity index (χ2v) is 8.18. The zero-order valence-corrected chi connectivity index (χ0v) is 16.1. The lowest BCUT2D eigenvalue weighted by Crippen LogP contribution is -2.51. The molecule has 1 aromatic heterocycles. The van der Waals surface area contributed by atoms with Crippen LogP contribution in [0.4, 0.5) is 0 Å². The molecule has 2 amide bonds. The van der Waals surface area contributed by atoms with Crippen LogP contribution in [-0.4, -0.2) is 69.8 Å². The predicted octanol–water partition coefficient (Wildman–Crippen LogP) is 1.38. The Kier molecular flexibility index (Phi) is 5.38. The summed E-state index contributed by atoms with van der Waals surface area (Å²) in [5.41, 5.74) is 1.24. The molecule has 0 spiro atoms. The van der Waals surface area contributed by atoms with Gasteiger partial charge >= 0.3 is 0 Å². The summed E-state index contributed by atoms with van der Waals surface area (Å²) in [5.74, 6) is 0.343. The van der Waals surface area contributed by atoms with Gasteiger partial charge in [0.05, 0.1) is 17.8 Å². The van der Waals surface area contributed by atoms with E-state index in [-0.39, 0.29) is 17.7 Å². The van der Waals surface area contributed by atoms with Gasteiger partial charge in [0.1, 0.15) is 5.69 Å². The molecule has 2 aliphatic heterocycles. The summed E-state index contributed by atoms with van der Waals surface area (Å²) in [7, 11) is 0. The Bertz CT molecular complexity index is 680. The molecule has 27 heavy (non-hydrogen) atoms. The number of aromatic nitrogens is 2. The number of carbonyl (C=O) groups excluding carboxylic acids is 2. The molecule has 2 saturated heterocycles. The monoisotopic (exact) mass is 371 g/mol. The third-order valence-electron chi connectivity index (χ3n) is 6.02. The van der Waals surface area contributed by atoms with Crippen LogP contribution in [0.2, 0.25) is 0 Å². The van der Waals surface area contributed by atoms with Gasteiger partial charge in [-0.25, -0.2) is 4.98 Å². The Morgan fingerprint density at radius 1 is 1.04 bits per heavy atom. The molecule has 7 heteroatoms. The number of nitrogens with zero attached hydrogens (tertiary/aromatic N) is 4. The van der Waals surface area contributed by atoms with Crippen molar-refractivity contribution in [1.82, 2.24) is 25.1 Å². The largest absolute Gasteiger partial charge is 0.353 e. The van der Waals surface area contributed by atoms with Gasteiger partial charge in [-0.1, -0.05) is 0 Å². The molecule has 1 aliphatic carbocycles. The Morgan fingerprint density at radius 3 is 2.48 bits per heavy atom. The molecule has 0 radical (unpaired) electrons. The maximum Gasteiger partial charge on any atom is 0.274 e. The number of likely N-dealkylation sites (tertiary alicyclic amines) is 2. The Morgan fingerprint density at radius 2 is 1.81 bits per heavy atom. The molecule has 3 fully saturated rings. The van der Waals surface area contributed by atoms with E-state index < -0.39 is 0 Å². The minimum absolute atomic E-state index is 0.0266. The SMILES string of the molecule is Cc1cnc(C(=O)N2CCC(N3CCC[C@@H](C(=O)NC4CC4)C3)CC2)cn1. The summed E-state index contributed by atoms with van der Waals surface area (Å²) >= 11 is 0. The zero-order chi connectivity index (χ0) is 18.8. The van der Waals surface area contributed by atoms with Crippen molar-refractivity contribution < 1.29 is 9.59 Å². The highest BCUT2D eigenvalue weighted by Gasteiger charge is 2.34. The molecule has 146 valence electrons. The lowest BCUT2D eigenvalue weighted by molar-refractivity contribution is -0.127. The first-order valence-corrected chi connectivity index (χ1v) is 10.2. The second kappa shape index (κ2) is 7.92. The van der Waals surface area contributed by atoms with Gasteiger partial charge in [-0.2, -0.15) is 0 Å². The Hall–Kier alpha value is -2.02. The van der Waals surface area contributed by atoms with Crippen LogP contribution in [0.3, 0.4) is 0 Å². The number of amides is 2. The molecule has 1 saturated carbocycles. The summed E-state index contributed by atoms with van der Waals surface area (Å²) in [6.45, 7) is 5.28. The fourth-order valence-corrected chi connectivity index (χ4v) is 4.20. The molecule has 3 heterocycles. The first-order chi connectivity index (χ1) is 13.1. The van der Waals surface area contributed by atoms with Crippen molar-refractivity contribution in [2.75, 3.05) is 26.2 Å². The van der Waals surface area contributed by atoms with Crippen LogP contribution >= 0.6 is 0 Å². The summed E-state index contributed by atoms with van der Waals surface area (Å²) in [6.07, 6.45) is 9.49. The molecule has 4 rings (SSSR count). The molecular formula is C20H29N5O2. The third-order valence-corrected chi connectivity index (χ3v) is 6.02. The Labute approximate surface area is 160 Å². The van der Waals surface area contributed by atoms with Gasteiger partial charge in [-0.15, -0.1) is 0 Å². The van der Waals surface area contributed by atoms with E-state index in [1.165, 1.54) is 0 Å². The van der Waals surface area contributed by atoms with Crippen molar-refractivity contribution in [3.05, 3.63) is 23.8 Å². The summed E-state index contributed by atoms with van der Waals surface area (Å²) < 4.78 is 0. The van der Waals surface area contributed by atoms with Gasteiger partial charge in [0.15, 0.2) is 0 Å². The molecule has 0 unspecified atom stereocenters. The van der Waals surface area contributed by atoms with Crippen LogP contribution in [0.1, 0.15) is 54.7 Å². The van der Waals surface area contributed by atoms with E-state index in [0.29, 0.717) is 17.8 Å². The second-order valence-electron chi connectivity index (χ2n) is 8.18. The van der Waals surface area contributed by atoms with Crippen molar-refractivity contribution in [3.8, 4) is 0 Å². The number of carbonyl (C=O) groups is 2. The standard InChI is InChI=1S/C20H29N5O2/c1-14-11-22-18(12-21-14)20(27)24-9-6-17(7-10-24)25-8-2-3-15(13-25)19(26)23-16-4-5-16/h11-12,15-17H,2-10,13H2,1H3,(H,23,26)/t15-/m1/s1. The molecular weight excluding hydrogens is 342 g/mol. The van der Waals surface area contributed by atoms with Crippen LogP contribution in [0.5, 0.6) is 0 Å². The van der Waals surface area contributed by atoms with Crippen molar-refractivity contribution >= 4 is 11.8 Å². The minimum Gasteiger partial charge on any atom is -0.353 e.